The van der Waals surface area contributed by atoms with Gasteiger partial charge < -0.3 is 9.47 Å². The van der Waals surface area contributed by atoms with E-state index in [4.69, 9.17) is 9.47 Å². The van der Waals surface area contributed by atoms with Crippen molar-refractivity contribution < 1.29 is 27.5 Å². The number of Topliss-reactive ketones (excluding diaryl/α,β-unsaturated/α-hetero) is 1. The lowest BCUT2D eigenvalue weighted by Crippen LogP contribution is -2.29. The molecule has 0 aromatic heterocycles. The van der Waals surface area contributed by atoms with E-state index < -0.39 is 27.7 Å². The molecule has 34 heavy (non-hydrogen) atoms. The zero-order chi connectivity index (χ0) is 24.6. The van der Waals surface area contributed by atoms with Gasteiger partial charge >= 0.3 is 5.97 Å². The van der Waals surface area contributed by atoms with E-state index in [1.54, 1.807) is 37.3 Å². The molecule has 0 saturated heterocycles. The zero-order valence-electron chi connectivity index (χ0n) is 18.3. The Balaban J connectivity index is 1.74. The van der Waals surface area contributed by atoms with E-state index in [0.717, 1.165) is 0 Å². The first-order chi connectivity index (χ1) is 16.4. The van der Waals surface area contributed by atoms with Gasteiger partial charge in [0.05, 0.1) is 17.6 Å². The van der Waals surface area contributed by atoms with E-state index in [9.17, 15) is 23.3 Å². The number of ketones is 1. The fraction of sp³-hybridized carbons (Fsp3) is 0.160. The molecule has 0 bridgehead atoms. The molecule has 1 N–H and O–H groups in total. The molecule has 0 aliphatic carbocycles. The maximum absolute atomic E-state index is 13.0. The molecule has 0 radical (unpaired) electrons. The number of benzene rings is 3. The Morgan fingerprint density at radius 1 is 0.941 bits per heavy atom. The van der Waals surface area contributed by atoms with E-state index in [1.165, 1.54) is 24.3 Å². The van der Waals surface area contributed by atoms with E-state index in [1.807, 2.05) is 30.3 Å². The van der Waals surface area contributed by atoms with Crippen LogP contribution in [0.5, 0.6) is 11.5 Å². The predicted octanol–water partition coefficient (Wildman–Crippen LogP) is 3.84. The summed E-state index contributed by atoms with van der Waals surface area (Å²) in [6, 6.07) is 23.1. The average molecular weight is 479 g/mol. The van der Waals surface area contributed by atoms with Gasteiger partial charge in [-0.05, 0) is 48.9 Å². The molecule has 0 heterocycles. The minimum atomic E-state index is -4.14. The van der Waals surface area contributed by atoms with Gasteiger partial charge in [-0.3, -0.25) is 9.59 Å². The number of carbonyl (C=O) groups is 2. The monoisotopic (exact) mass is 478 g/mol. The molecule has 8 nitrogen and oxygen atoms in total. The van der Waals surface area contributed by atoms with Gasteiger partial charge in [0.1, 0.15) is 11.5 Å². The standard InChI is InChI=1S/C25H22N2O6S/c1-2-32-25(29)22(16-26)24(28)21-10-6-7-11-23(21)34(30,31)27-17-18-12-14-20(15-13-18)33-19-8-4-3-5-9-19/h3-15,22,27H,2,17H2,1H3. The third-order valence-electron chi connectivity index (χ3n) is 4.72. The molecule has 174 valence electrons. The van der Waals surface area contributed by atoms with Gasteiger partial charge in [-0.15, -0.1) is 0 Å². The number of nitrogens with zero attached hydrogens (tertiary/aromatic N) is 1. The van der Waals surface area contributed by atoms with E-state index >= 15 is 0 Å². The Morgan fingerprint density at radius 3 is 2.21 bits per heavy atom. The summed E-state index contributed by atoms with van der Waals surface area (Å²) in [7, 11) is -4.14. The van der Waals surface area contributed by atoms with Crippen LogP contribution in [0.3, 0.4) is 0 Å². The summed E-state index contributed by atoms with van der Waals surface area (Å²) in [4.78, 5) is 24.4. The smallest absolute Gasteiger partial charge is 0.331 e. The molecule has 3 aromatic carbocycles. The lowest BCUT2D eigenvalue weighted by Gasteiger charge is -2.13. The number of sulfonamides is 1. The number of para-hydroxylation sites is 1. The van der Waals surface area contributed by atoms with Crippen LogP contribution in [-0.4, -0.2) is 26.8 Å². The molecule has 0 saturated carbocycles. The number of nitrogens with one attached hydrogen (secondary N) is 1. The van der Waals surface area contributed by atoms with Gasteiger partial charge in [-0.2, -0.15) is 5.26 Å². The first-order valence-corrected chi connectivity index (χ1v) is 11.8. The molecular formula is C25H22N2O6S. The van der Waals surface area contributed by atoms with Gasteiger partial charge in [0, 0.05) is 12.1 Å². The zero-order valence-corrected chi connectivity index (χ0v) is 19.1. The Morgan fingerprint density at radius 2 is 1.56 bits per heavy atom. The Bertz CT molecular complexity index is 1300. The van der Waals surface area contributed by atoms with Crippen molar-refractivity contribution in [3.63, 3.8) is 0 Å². The van der Waals surface area contributed by atoms with Crippen LogP contribution in [0.1, 0.15) is 22.8 Å². The lowest BCUT2D eigenvalue weighted by atomic mass is 9.99. The van der Waals surface area contributed by atoms with Crippen LogP contribution in [0.2, 0.25) is 0 Å². The van der Waals surface area contributed by atoms with Crippen molar-refractivity contribution in [3.05, 3.63) is 90.0 Å². The van der Waals surface area contributed by atoms with Crippen molar-refractivity contribution in [1.29, 1.82) is 5.26 Å². The molecule has 0 spiro atoms. The first kappa shape index (κ1) is 24.6. The van der Waals surface area contributed by atoms with Gasteiger partial charge in [0.2, 0.25) is 15.9 Å². The summed E-state index contributed by atoms with van der Waals surface area (Å²) >= 11 is 0. The number of hydrogen-bond acceptors (Lipinski definition) is 7. The second kappa shape index (κ2) is 11.2. The van der Waals surface area contributed by atoms with Gasteiger partial charge in [0.25, 0.3) is 0 Å². The highest BCUT2D eigenvalue weighted by Crippen LogP contribution is 2.23. The lowest BCUT2D eigenvalue weighted by molar-refractivity contribution is -0.144. The van der Waals surface area contributed by atoms with Gasteiger partial charge in [-0.1, -0.05) is 42.5 Å². The van der Waals surface area contributed by atoms with E-state index in [-0.39, 0.29) is 23.6 Å². The second-order valence-corrected chi connectivity index (χ2v) is 8.79. The highest BCUT2D eigenvalue weighted by molar-refractivity contribution is 7.89. The number of ether oxygens (including phenoxy) is 2. The molecule has 0 aliphatic heterocycles. The summed E-state index contributed by atoms with van der Waals surface area (Å²) in [6.07, 6.45) is 0. The Kier molecular flexibility index (Phi) is 8.14. The average Bonchev–Trinajstić information content (AvgIpc) is 2.85. The Labute approximate surface area is 197 Å². The third kappa shape index (κ3) is 6.07. The van der Waals surface area contributed by atoms with Gasteiger partial charge in [0.15, 0.2) is 5.78 Å². The van der Waals surface area contributed by atoms with E-state index in [0.29, 0.717) is 17.1 Å². The third-order valence-corrected chi connectivity index (χ3v) is 6.18. The molecule has 0 aliphatic rings. The minimum absolute atomic E-state index is 0.0129. The van der Waals surface area contributed by atoms with Crippen molar-refractivity contribution in [3.8, 4) is 17.6 Å². The number of esters is 1. The highest BCUT2D eigenvalue weighted by Gasteiger charge is 2.32. The number of carbonyl (C=O) groups excluding carboxylic acids is 2. The second-order valence-electron chi connectivity index (χ2n) is 7.06. The van der Waals surface area contributed by atoms with Crippen molar-refractivity contribution in [2.24, 2.45) is 5.92 Å². The van der Waals surface area contributed by atoms with Crippen LogP contribution in [-0.2, 0) is 26.1 Å². The maximum atomic E-state index is 13.0. The molecule has 1 atom stereocenters. The summed E-state index contributed by atoms with van der Waals surface area (Å²) in [6.45, 7) is 1.48. The SMILES string of the molecule is CCOC(=O)C(C#N)C(=O)c1ccccc1S(=O)(=O)NCc1ccc(Oc2ccccc2)cc1. The van der Waals surface area contributed by atoms with Crippen LogP contribution >= 0.6 is 0 Å². The van der Waals surface area contributed by atoms with Gasteiger partial charge in [-0.25, -0.2) is 13.1 Å². The summed E-state index contributed by atoms with van der Waals surface area (Å²) in [5.41, 5.74) is 0.399. The van der Waals surface area contributed by atoms with Crippen molar-refractivity contribution >= 4 is 21.8 Å². The van der Waals surface area contributed by atoms with Crippen molar-refractivity contribution in [2.45, 2.75) is 18.4 Å². The van der Waals surface area contributed by atoms with Crippen LogP contribution in [0.15, 0.2) is 83.8 Å². The predicted molar refractivity (Wildman–Crippen MR) is 123 cm³/mol. The summed E-state index contributed by atoms with van der Waals surface area (Å²) in [5, 5.41) is 9.27. The first-order valence-electron chi connectivity index (χ1n) is 10.4. The highest BCUT2D eigenvalue weighted by atomic mass is 32.2. The fourth-order valence-corrected chi connectivity index (χ4v) is 4.29. The topological polar surface area (TPSA) is 123 Å². The molecule has 0 amide bonds. The molecule has 3 rings (SSSR count). The normalized spacial score (nSPS) is 11.8. The largest absolute Gasteiger partial charge is 0.465 e. The van der Waals surface area contributed by atoms with Crippen LogP contribution < -0.4 is 9.46 Å². The summed E-state index contributed by atoms with van der Waals surface area (Å²) < 4.78 is 38.8. The quantitative estimate of drug-likeness (QED) is 0.267. The molecular weight excluding hydrogens is 456 g/mol. The van der Waals surface area contributed by atoms with Crippen LogP contribution in [0.4, 0.5) is 0 Å². The molecule has 9 heteroatoms. The van der Waals surface area contributed by atoms with Crippen molar-refractivity contribution in [2.75, 3.05) is 6.61 Å². The summed E-state index contributed by atoms with van der Waals surface area (Å²) in [5.74, 6) is -2.45. The van der Waals surface area contributed by atoms with E-state index in [2.05, 4.69) is 4.72 Å². The number of rotatable bonds is 10. The minimum Gasteiger partial charge on any atom is -0.465 e. The number of hydrogen-bond donors (Lipinski definition) is 1. The van der Waals surface area contributed by atoms with Crippen LogP contribution in [0.25, 0.3) is 0 Å². The maximum Gasteiger partial charge on any atom is 0.331 e. The Hall–Kier alpha value is -4.00. The van der Waals surface area contributed by atoms with Crippen LogP contribution in [0, 0.1) is 17.2 Å². The molecule has 0 fully saturated rings. The molecule has 1 unspecified atom stereocenters. The molecule has 3 aromatic rings. The number of nitriles is 1. The fourth-order valence-electron chi connectivity index (χ4n) is 3.06. The van der Waals surface area contributed by atoms with Crippen molar-refractivity contribution in [1.82, 2.24) is 4.72 Å².